The third-order valence-corrected chi connectivity index (χ3v) is 1.97. The Morgan fingerprint density at radius 1 is 1.23 bits per heavy atom. The molecule has 0 fully saturated rings. The summed E-state index contributed by atoms with van der Waals surface area (Å²) >= 11 is 0. The van der Waals surface area contributed by atoms with Gasteiger partial charge in [-0.15, -0.1) is 0 Å². The molecule has 5 heteroatoms. The van der Waals surface area contributed by atoms with Crippen LogP contribution < -0.4 is 11.5 Å². The molecule has 1 rings (SSSR count). The summed E-state index contributed by atoms with van der Waals surface area (Å²) in [6.45, 7) is 1.10. The van der Waals surface area contributed by atoms with Gasteiger partial charge in [0.05, 0.1) is 18.0 Å². The first-order valence-corrected chi connectivity index (χ1v) is 4.39. The number of hydrogen-bond acceptors (Lipinski definition) is 4. The summed E-state index contributed by atoms with van der Waals surface area (Å²) in [6, 6.07) is 0. The fraction of sp³-hybridized carbons (Fsp3) is 0.625. The fourth-order valence-corrected chi connectivity index (χ4v) is 1.36. The van der Waals surface area contributed by atoms with Gasteiger partial charge in [-0.2, -0.15) is 5.10 Å². The van der Waals surface area contributed by atoms with E-state index < -0.39 is 0 Å². The quantitative estimate of drug-likeness (QED) is 0.467. The summed E-state index contributed by atoms with van der Waals surface area (Å²) in [6.07, 6.45) is 1.47. The first-order chi connectivity index (χ1) is 6.33. The number of rotatable bonds is 5. The molecule has 13 heavy (non-hydrogen) atoms. The number of aliphatic hydroxyl groups excluding tert-OH is 1. The molecule has 0 aromatic carbocycles. The van der Waals surface area contributed by atoms with Crippen LogP contribution in [0.5, 0.6) is 0 Å². The fourth-order valence-electron chi connectivity index (χ4n) is 1.36. The number of nitrogens with two attached hydrogens (primary N) is 2. The van der Waals surface area contributed by atoms with Gasteiger partial charge in [0, 0.05) is 6.42 Å². The van der Waals surface area contributed by atoms with Crippen molar-refractivity contribution in [3.8, 4) is 0 Å². The van der Waals surface area contributed by atoms with E-state index in [0.29, 0.717) is 13.1 Å². The van der Waals surface area contributed by atoms with Gasteiger partial charge in [0.25, 0.3) is 0 Å². The van der Waals surface area contributed by atoms with E-state index in [1.807, 2.05) is 0 Å². The largest absolute Gasteiger partial charge is 0.390 e. The van der Waals surface area contributed by atoms with Crippen molar-refractivity contribution in [3.63, 3.8) is 0 Å². The molecular weight excluding hydrogens is 168 g/mol. The minimum atomic E-state index is -0.0209. The molecule has 6 N–H and O–H groups in total. The van der Waals surface area contributed by atoms with Crippen LogP contribution in [-0.4, -0.2) is 28.4 Å². The van der Waals surface area contributed by atoms with Crippen molar-refractivity contribution in [1.29, 1.82) is 0 Å². The number of nitrogens with zero attached hydrogens (tertiary/aromatic N) is 1. The highest BCUT2D eigenvalue weighted by Gasteiger charge is 2.10. The summed E-state index contributed by atoms with van der Waals surface area (Å²) in [5, 5.41) is 15.8. The van der Waals surface area contributed by atoms with Crippen LogP contribution in [0.3, 0.4) is 0 Å². The zero-order chi connectivity index (χ0) is 9.68. The van der Waals surface area contributed by atoms with Crippen molar-refractivity contribution in [2.24, 2.45) is 11.5 Å². The Hall–Kier alpha value is -0.910. The minimum absolute atomic E-state index is 0.0209. The average Bonchev–Trinajstić information content (AvgIpc) is 2.50. The van der Waals surface area contributed by atoms with Crippen LogP contribution in [0.1, 0.15) is 17.0 Å². The van der Waals surface area contributed by atoms with Crippen LogP contribution in [0.15, 0.2) is 0 Å². The van der Waals surface area contributed by atoms with Gasteiger partial charge >= 0.3 is 0 Å². The molecular formula is C8H16N4O. The van der Waals surface area contributed by atoms with Gasteiger partial charge in [0.1, 0.15) is 0 Å². The molecule has 0 atom stereocenters. The van der Waals surface area contributed by atoms with Crippen molar-refractivity contribution in [1.82, 2.24) is 10.2 Å². The van der Waals surface area contributed by atoms with E-state index in [4.69, 9.17) is 16.6 Å². The summed E-state index contributed by atoms with van der Waals surface area (Å²) in [4.78, 5) is 0. The van der Waals surface area contributed by atoms with E-state index >= 15 is 0 Å². The van der Waals surface area contributed by atoms with Crippen LogP contribution in [0.2, 0.25) is 0 Å². The maximum atomic E-state index is 8.98. The molecule has 0 aliphatic rings. The van der Waals surface area contributed by atoms with Crippen molar-refractivity contribution < 1.29 is 5.11 Å². The molecule has 1 aromatic heterocycles. The zero-order valence-corrected chi connectivity index (χ0v) is 7.58. The molecule has 74 valence electrons. The molecule has 1 heterocycles. The third kappa shape index (κ3) is 2.27. The average molecular weight is 184 g/mol. The SMILES string of the molecule is NCCc1n[nH]c(CO)c1CCN. The molecule has 0 amide bonds. The van der Waals surface area contributed by atoms with Crippen LogP contribution in [0.4, 0.5) is 0 Å². The van der Waals surface area contributed by atoms with Gasteiger partial charge in [-0.1, -0.05) is 0 Å². The molecule has 5 nitrogen and oxygen atoms in total. The van der Waals surface area contributed by atoms with E-state index in [1.54, 1.807) is 0 Å². The van der Waals surface area contributed by atoms with Crippen LogP contribution in [0, 0.1) is 0 Å². The summed E-state index contributed by atoms with van der Waals surface area (Å²) in [5.41, 5.74) is 13.6. The molecule has 0 unspecified atom stereocenters. The Bertz CT molecular complexity index is 259. The Kier molecular flexibility index (Phi) is 3.88. The Morgan fingerprint density at radius 3 is 2.46 bits per heavy atom. The second-order valence-electron chi connectivity index (χ2n) is 2.86. The van der Waals surface area contributed by atoms with E-state index in [9.17, 15) is 0 Å². The summed E-state index contributed by atoms with van der Waals surface area (Å²) in [5.74, 6) is 0. The van der Waals surface area contributed by atoms with Crippen LogP contribution in [-0.2, 0) is 19.4 Å². The van der Waals surface area contributed by atoms with E-state index in [2.05, 4.69) is 10.2 Å². The van der Waals surface area contributed by atoms with E-state index in [-0.39, 0.29) is 6.61 Å². The normalized spacial score (nSPS) is 10.7. The van der Waals surface area contributed by atoms with Gasteiger partial charge in [-0.05, 0) is 25.1 Å². The van der Waals surface area contributed by atoms with Crippen molar-refractivity contribution in [2.75, 3.05) is 13.1 Å². The monoisotopic (exact) mass is 184 g/mol. The minimum Gasteiger partial charge on any atom is -0.390 e. The van der Waals surface area contributed by atoms with Crippen molar-refractivity contribution in [2.45, 2.75) is 19.4 Å². The number of H-pyrrole nitrogens is 1. The predicted molar refractivity (Wildman–Crippen MR) is 50.0 cm³/mol. The standard InChI is InChI=1S/C8H16N4O/c9-3-1-6-7(2-4-10)11-12-8(6)5-13/h13H,1-5,9-10H2,(H,11,12). The molecule has 1 aromatic rings. The van der Waals surface area contributed by atoms with Gasteiger partial charge in [-0.3, -0.25) is 5.10 Å². The predicted octanol–water partition coefficient (Wildman–Crippen LogP) is -1.10. The lowest BCUT2D eigenvalue weighted by atomic mass is 10.1. The molecule has 0 radical (unpaired) electrons. The maximum absolute atomic E-state index is 8.98. The molecule has 0 saturated carbocycles. The van der Waals surface area contributed by atoms with E-state index in [0.717, 1.165) is 29.8 Å². The second-order valence-corrected chi connectivity index (χ2v) is 2.86. The lowest BCUT2D eigenvalue weighted by molar-refractivity contribution is 0.275. The van der Waals surface area contributed by atoms with E-state index in [1.165, 1.54) is 0 Å². The first kappa shape index (κ1) is 10.2. The smallest absolute Gasteiger partial charge is 0.0850 e. The Morgan fingerprint density at radius 2 is 1.92 bits per heavy atom. The lowest BCUT2D eigenvalue weighted by Gasteiger charge is -2.00. The van der Waals surface area contributed by atoms with Crippen LogP contribution >= 0.6 is 0 Å². The molecule has 0 saturated heterocycles. The highest BCUT2D eigenvalue weighted by molar-refractivity contribution is 5.25. The van der Waals surface area contributed by atoms with Crippen molar-refractivity contribution >= 4 is 0 Å². The molecule has 0 aliphatic heterocycles. The Labute approximate surface area is 77.1 Å². The van der Waals surface area contributed by atoms with Gasteiger partial charge in [-0.25, -0.2) is 0 Å². The number of aliphatic hydroxyl groups is 1. The Balaban J connectivity index is 2.85. The maximum Gasteiger partial charge on any atom is 0.0850 e. The van der Waals surface area contributed by atoms with Gasteiger partial charge in [0.15, 0.2) is 0 Å². The van der Waals surface area contributed by atoms with Crippen LogP contribution in [0.25, 0.3) is 0 Å². The third-order valence-electron chi connectivity index (χ3n) is 1.97. The zero-order valence-electron chi connectivity index (χ0n) is 7.58. The summed E-state index contributed by atoms with van der Waals surface area (Å²) < 4.78 is 0. The van der Waals surface area contributed by atoms with Gasteiger partial charge in [0.2, 0.25) is 0 Å². The highest BCUT2D eigenvalue weighted by Crippen LogP contribution is 2.12. The van der Waals surface area contributed by atoms with Crippen molar-refractivity contribution in [3.05, 3.63) is 17.0 Å². The number of hydrogen-bond donors (Lipinski definition) is 4. The number of nitrogens with one attached hydrogen (secondary N) is 1. The summed E-state index contributed by atoms with van der Waals surface area (Å²) in [7, 11) is 0. The first-order valence-electron chi connectivity index (χ1n) is 4.39. The molecule has 0 aliphatic carbocycles. The number of aromatic amines is 1. The molecule has 0 spiro atoms. The lowest BCUT2D eigenvalue weighted by Crippen LogP contribution is -2.09. The second kappa shape index (κ2) is 4.96. The number of aromatic nitrogens is 2. The topological polar surface area (TPSA) is 101 Å². The highest BCUT2D eigenvalue weighted by atomic mass is 16.3. The molecule has 0 bridgehead atoms. The van der Waals surface area contributed by atoms with Gasteiger partial charge < -0.3 is 16.6 Å².